The smallest absolute Gasteiger partial charge is 0.102 e. The predicted molar refractivity (Wildman–Crippen MR) is 139 cm³/mol. The van der Waals surface area contributed by atoms with Crippen LogP contribution in [0.2, 0.25) is 0 Å². The molecule has 5 aromatic rings. The molecule has 0 bridgehead atoms. The Labute approximate surface area is 196 Å². The Kier molecular flexibility index (Phi) is 5.63. The molecular weight excluding hydrogens is 489 g/mol. The maximum Gasteiger partial charge on any atom is 0.102 e. The average molecular weight is 509 g/mol. The molecule has 0 fully saturated rings. The molecule has 0 radical (unpaired) electrons. The van der Waals surface area contributed by atoms with Gasteiger partial charge in [-0.2, -0.15) is 0 Å². The Bertz CT molecular complexity index is 1310. The molecule has 2 heteroatoms. The van der Waals surface area contributed by atoms with E-state index in [1.54, 1.807) is 0 Å². The second-order valence-electron chi connectivity index (χ2n) is 7.45. The molecule has 148 valence electrons. The van der Waals surface area contributed by atoms with Crippen molar-refractivity contribution in [3.63, 3.8) is 0 Å². The first kappa shape index (κ1) is 19.7. The lowest BCUT2D eigenvalue weighted by Crippen LogP contribution is -1.90. The third-order valence-electron chi connectivity index (χ3n) is 5.38. The Morgan fingerprint density at radius 2 is 0.871 bits per heavy atom. The summed E-state index contributed by atoms with van der Waals surface area (Å²) in [5.74, 6) is 0. The molecule has 0 saturated heterocycles. The van der Waals surface area contributed by atoms with Crippen molar-refractivity contribution in [2.24, 2.45) is 0 Å². The molecule has 1 heterocycles. The molecule has 0 unspecified atom stereocenters. The van der Waals surface area contributed by atoms with Crippen molar-refractivity contribution < 1.29 is 0 Å². The van der Waals surface area contributed by atoms with Gasteiger partial charge in [0.05, 0.1) is 5.69 Å². The highest BCUT2D eigenvalue weighted by Gasteiger charge is 2.08. The van der Waals surface area contributed by atoms with Crippen LogP contribution in [0.5, 0.6) is 0 Å². The predicted octanol–water partition coefficient (Wildman–Crippen LogP) is 8.35. The van der Waals surface area contributed by atoms with E-state index in [0.29, 0.717) is 0 Å². The summed E-state index contributed by atoms with van der Waals surface area (Å²) in [6, 6.07) is 42.6. The Morgan fingerprint density at radius 1 is 0.387 bits per heavy atom. The largest absolute Gasteiger partial charge is 0.242 e. The maximum atomic E-state index is 4.82. The third kappa shape index (κ3) is 4.44. The van der Waals surface area contributed by atoms with Gasteiger partial charge in [-0.25, -0.2) is 4.98 Å². The van der Waals surface area contributed by atoms with E-state index in [2.05, 4.69) is 132 Å². The molecule has 0 aliphatic heterocycles. The maximum absolute atomic E-state index is 4.82. The Balaban J connectivity index is 1.50. The van der Waals surface area contributed by atoms with Crippen molar-refractivity contribution in [2.45, 2.75) is 0 Å². The summed E-state index contributed by atoms with van der Waals surface area (Å²) in [7, 11) is 0. The monoisotopic (exact) mass is 509 g/mol. The molecule has 1 aromatic heterocycles. The lowest BCUT2D eigenvalue weighted by Gasteiger charge is -2.10. The van der Waals surface area contributed by atoms with E-state index < -0.39 is 0 Å². The topological polar surface area (TPSA) is 12.9 Å². The highest BCUT2D eigenvalue weighted by Crippen LogP contribution is 2.30. The van der Waals surface area contributed by atoms with Gasteiger partial charge in [0.1, 0.15) is 3.70 Å². The second-order valence-corrected chi connectivity index (χ2v) is 8.56. The van der Waals surface area contributed by atoms with Crippen molar-refractivity contribution in [2.75, 3.05) is 0 Å². The van der Waals surface area contributed by atoms with Crippen LogP contribution < -0.4 is 0 Å². The normalized spacial score (nSPS) is 10.7. The van der Waals surface area contributed by atoms with Crippen molar-refractivity contribution in [3.05, 3.63) is 125 Å². The molecule has 0 N–H and O–H groups in total. The van der Waals surface area contributed by atoms with E-state index in [-0.39, 0.29) is 0 Å². The van der Waals surface area contributed by atoms with Gasteiger partial charge in [0.15, 0.2) is 0 Å². The number of rotatable bonds is 4. The van der Waals surface area contributed by atoms with Gasteiger partial charge in [0.2, 0.25) is 0 Å². The number of hydrogen-bond donors (Lipinski definition) is 0. The SMILES string of the molecule is Ic1cc(-c2ccc(-c3ccccc3)cc2)cc(-c2cccc(-c3ccccc3)c2)n1. The molecule has 0 spiro atoms. The van der Waals surface area contributed by atoms with Crippen LogP contribution in [-0.2, 0) is 0 Å². The zero-order chi connectivity index (χ0) is 21.0. The Morgan fingerprint density at radius 3 is 1.52 bits per heavy atom. The van der Waals surface area contributed by atoms with Crippen molar-refractivity contribution in [1.82, 2.24) is 4.98 Å². The first-order valence-corrected chi connectivity index (χ1v) is 11.3. The van der Waals surface area contributed by atoms with Gasteiger partial charge in [-0.05, 0) is 74.2 Å². The van der Waals surface area contributed by atoms with Crippen LogP contribution >= 0.6 is 22.6 Å². The van der Waals surface area contributed by atoms with Crippen LogP contribution in [0.15, 0.2) is 121 Å². The number of halogens is 1. The van der Waals surface area contributed by atoms with Gasteiger partial charge in [-0.3, -0.25) is 0 Å². The molecule has 0 aliphatic rings. The van der Waals surface area contributed by atoms with Gasteiger partial charge >= 0.3 is 0 Å². The number of benzene rings is 4. The van der Waals surface area contributed by atoms with Crippen LogP contribution in [0, 0.1) is 3.70 Å². The van der Waals surface area contributed by atoms with Crippen molar-refractivity contribution >= 4 is 22.6 Å². The summed E-state index contributed by atoms with van der Waals surface area (Å²) in [6.07, 6.45) is 0. The lowest BCUT2D eigenvalue weighted by atomic mass is 9.98. The minimum absolute atomic E-state index is 0.988. The standard InChI is InChI=1S/C29H20IN/c30-29-20-27(24-16-14-23(15-17-24)21-8-3-1-4-9-21)19-28(31-29)26-13-7-12-25(18-26)22-10-5-2-6-11-22/h1-20H. The molecule has 0 saturated carbocycles. The number of hydrogen-bond acceptors (Lipinski definition) is 1. The summed E-state index contributed by atoms with van der Waals surface area (Å²) in [6.45, 7) is 0. The first-order valence-electron chi connectivity index (χ1n) is 10.3. The minimum Gasteiger partial charge on any atom is -0.242 e. The molecule has 5 rings (SSSR count). The fourth-order valence-electron chi connectivity index (χ4n) is 3.79. The average Bonchev–Trinajstić information content (AvgIpc) is 2.85. The highest BCUT2D eigenvalue weighted by atomic mass is 127. The van der Waals surface area contributed by atoms with Gasteiger partial charge in [0, 0.05) is 5.56 Å². The summed E-state index contributed by atoms with van der Waals surface area (Å²) in [5.41, 5.74) is 9.37. The number of pyridine rings is 1. The quantitative estimate of drug-likeness (QED) is 0.175. The van der Waals surface area contributed by atoms with E-state index in [4.69, 9.17) is 4.98 Å². The van der Waals surface area contributed by atoms with Gasteiger partial charge in [-0.15, -0.1) is 0 Å². The summed E-state index contributed by atoms with van der Waals surface area (Å²) < 4.78 is 0.988. The van der Waals surface area contributed by atoms with E-state index in [0.717, 1.165) is 15.0 Å². The van der Waals surface area contributed by atoms with Crippen molar-refractivity contribution in [3.8, 4) is 44.6 Å². The minimum atomic E-state index is 0.988. The van der Waals surface area contributed by atoms with Gasteiger partial charge in [-0.1, -0.05) is 103 Å². The van der Waals surface area contributed by atoms with E-state index in [1.165, 1.54) is 33.4 Å². The number of nitrogens with zero attached hydrogens (tertiary/aromatic N) is 1. The van der Waals surface area contributed by atoms with E-state index in [1.807, 2.05) is 12.1 Å². The second kappa shape index (κ2) is 8.86. The molecular formula is C29H20IN. The molecule has 31 heavy (non-hydrogen) atoms. The fourth-order valence-corrected chi connectivity index (χ4v) is 4.38. The van der Waals surface area contributed by atoms with Gasteiger partial charge < -0.3 is 0 Å². The fraction of sp³-hybridized carbons (Fsp3) is 0. The lowest BCUT2D eigenvalue weighted by molar-refractivity contribution is 1.27. The van der Waals surface area contributed by atoms with E-state index >= 15 is 0 Å². The third-order valence-corrected chi connectivity index (χ3v) is 5.94. The van der Waals surface area contributed by atoms with Crippen LogP contribution in [0.4, 0.5) is 0 Å². The summed E-state index contributed by atoms with van der Waals surface area (Å²) >= 11 is 2.31. The number of aromatic nitrogens is 1. The highest BCUT2D eigenvalue weighted by molar-refractivity contribution is 14.1. The van der Waals surface area contributed by atoms with E-state index in [9.17, 15) is 0 Å². The molecule has 0 atom stereocenters. The molecule has 4 aromatic carbocycles. The van der Waals surface area contributed by atoms with Crippen LogP contribution in [0.25, 0.3) is 44.6 Å². The van der Waals surface area contributed by atoms with Crippen LogP contribution in [0.1, 0.15) is 0 Å². The summed E-state index contributed by atoms with van der Waals surface area (Å²) in [4.78, 5) is 4.82. The van der Waals surface area contributed by atoms with Crippen LogP contribution in [-0.4, -0.2) is 4.98 Å². The van der Waals surface area contributed by atoms with Crippen LogP contribution in [0.3, 0.4) is 0 Å². The molecule has 1 nitrogen and oxygen atoms in total. The van der Waals surface area contributed by atoms with Gasteiger partial charge in [0.25, 0.3) is 0 Å². The first-order chi connectivity index (χ1) is 15.3. The zero-order valence-corrected chi connectivity index (χ0v) is 19.0. The Hall–Kier alpha value is -3.24. The molecule has 0 amide bonds. The summed E-state index contributed by atoms with van der Waals surface area (Å²) in [5, 5.41) is 0. The zero-order valence-electron chi connectivity index (χ0n) is 16.9. The molecule has 0 aliphatic carbocycles. The van der Waals surface area contributed by atoms with Crippen molar-refractivity contribution in [1.29, 1.82) is 0 Å².